The van der Waals surface area contributed by atoms with Gasteiger partial charge in [-0.25, -0.2) is 0 Å². The highest BCUT2D eigenvalue weighted by Gasteiger charge is 2.18. The topological polar surface area (TPSA) is 35.2 Å². The van der Waals surface area contributed by atoms with Crippen LogP contribution in [-0.2, 0) is 4.74 Å². The van der Waals surface area contributed by atoms with Gasteiger partial charge in [-0.1, -0.05) is 6.92 Å². The van der Waals surface area contributed by atoms with Gasteiger partial charge < -0.3 is 10.5 Å². The van der Waals surface area contributed by atoms with Crippen LogP contribution in [-0.4, -0.2) is 18.2 Å². The van der Waals surface area contributed by atoms with Crippen molar-refractivity contribution in [1.82, 2.24) is 0 Å². The average molecular weight is 173 g/mol. The van der Waals surface area contributed by atoms with Crippen molar-refractivity contribution in [3.05, 3.63) is 0 Å². The van der Waals surface area contributed by atoms with Crippen LogP contribution in [0.1, 0.15) is 47.0 Å². The highest BCUT2D eigenvalue weighted by atomic mass is 16.5. The fourth-order valence-electron chi connectivity index (χ4n) is 1.09. The molecule has 0 aromatic carbocycles. The molecule has 1 atom stereocenters. The summed E-state index contributed by atoms with van der Waals surface area (Å²) in [6.07, 6.45) is 3.52. The summed E-state index contributed by atoms with van der Waals surface area (Å²) in [7, 11) is 0. The van der Waals surface area contributed by atoms with E-state index in [1.54, 1.807) is 0 Å². The number of nitrogens with two attached hydrogens (primary N) is 1. The van der Waals surface area contributed by atoms with Crippen LogP contribution >= 0.6 is 0 Å². The predicted octanol–water partition coefficient (Wildman–Crippen LogP) is 2.32. The molecule has 0 fully saturated rings. The van der Waals surface area contributed by atoms with Crippen LogP contribution in [0, 0.1) is 0 Å². The van der Waals surface area contributed by atoms with Crippen molar-refractivity contribution < 1.29 is 4.74 Å². The van der Waals surface area contributed by atoms with E-state index >= 15 is 0 Å². The zero-order chi connectivity index (χ0) is 9.61. The van der Waals surface area contributed by atoms with Gasteiger partial charge in [0.05, 0.1) is 11.7 Å². The minimum absolute atomic E-state index is 0.0218. The monoisotopic (exact) mass is 173 g/mol. The molecule has 0 heterocycles. The molecule has 0 bridgehead atoms. The van der Waals surface area contributed by atoms with Gasteiger partial charge in [-0.15, -0.1) is 0 Å². The van der Waals surface area contributed by atoms with E-state index in [1.807, 2.05) is 0 Å². The lowest BCUT2D eigenvalue weighted by atomic mass is 10.1. The third-order valence-electron chi connectivity index (χ3n) is 2.19. The molecule has 0 rings (SSSR count). The van der Waals surface area contributed by atoms with Crippen LogP contribution < -0.4 is 5.73 Å². The van der Waals surface area contributed by atoms with E-state index in [-0.39, 0.29) is 5.60 Å². The Morgan fingerprint density at radius 2 is 2.00 bits per heavy atom. The highest BCUT2D eigenvalue weighted by molar-refractivity contribution is 4.67. The smallest absolute Gasteiger partial charge is 0.0627 e. The Morgan fingerprint density at radius 1 is 1.42 bits per heavy atom. The molecular formula is C10H23NO. The zero-order valence-electron chi connectivity index (χ0n) is 8.89. The quantitative estimate of drug-likeness (QED) is 0.669. The average Bonchev–Trinajstić information content (AvgIpc) is 2.00. The van der Waals surface area contributed by atoms with E-state index in [0.29, 0.717) is 6.10 Å². The molecule has 0 aliphatic carbocycles. The third-order valence-corrected chi connectivity index (χ3v) is 2.19. The maximum Gasteiger partial charge on any atom is 0.0627 e. The summed E-state index contributed by atoms with van der Waals surface area (Å²) in [5.41, 5.74) is 5.44. The number of rotatable bonds is 6. The van der Waals surface area contributed by atoms with Gasteiger partial charge in [-0.05, 0) is 46.6 Å². The second-order valence-electron chi connectivity index (χ2n) is 3.97. The van der Waals surface area contributed by atoms with Crippen LogP contribution in [0.3, 0.4) is 0 Å². The van der Waals surface area contributed by atoms with Crippen molar-refractivity contribution in [2.24, 2.45) is 5.73 Å². The van der Waals surface area contributed by atoms with Crippen molar-refractivity contribution in [1.29, 1.82) is 0 Å². The SMILES string of the molecule is CCC(C)(C)OC(C)CCCN. The minimum Gasteiger partial charge on any atom is -0.373 e. The molecule has 1 unspecified atom stereocenters. The Balaban J connectivity index is 3.60. The van der Waals surface area contributed by atoms with Gasteiger partial charge in [0.15, 0.2) is 0 Å². The number of ether oxygens (including phenoxy) is 1. The molecule has 0 saturated carbocycles. The van der Waals surface area contributed by atoms with Crippen molar-refractivity contribution >= 4 is 0 Å². The first kappa shape index (κ1) is 11.9. The van der Waals surface area contributed by atoms with Crippen molar-refractivity contribution in [2.45, 2.75) is 58.7 Å². The fraction of sp³-hybridized carbons (Fsp3) is 1.00. The van der Waals surface area contributed by atoms with Gasteiger partial charge in [-0.3, -0.25) is 0 Å². The summed E-state index contributed by atoms with van der Waals surface area (Å²) in [4.78, 5) is 0. The predicted molar refractivity (Wildman–Crippen MR) is 53.2 cm³/mol. The fourth-order valence-corrected chi connectivity index (χ4v) is 1.09. The molecule has 0 radical (unpaired) electrons. The molecular weight excluding hydrogens is 150 g/mol. The summed E-state index contributed by atoms with van der Waals surface area (Å²) in [6, 6.07) is 0. The van der Waals surface area contributed by atoms with Gasteiger partial charge in [0.1, 0.15) is 0 Å². The summed E-state index contributed by atoms with van der Waals surface area (Å²) >= 11 is 0. The summed E-state index contributed by atoms with van der Waals surface area (Å²) in [5.74, 6) is 0. The normalized spacial score (nSPS) is 14.8. The van der Waals surface area contributed by atoms with Crippen LogP contribution in [0.25, 0.3) is 0 Å². The minimum atomic E-state index is 0.0218. The van der Waals surface area contributed by atoms with E-state index in [1.165, 1.54) is 0 Å². The zero-order valence-corrected chi connectivity index (χ0v) is 8.89. The Morgan fingerprint density at radius 3 is 2.42 bits per heavy atom. The van der Waals surface area contributed by atoms with E-state index in [4.69, 9.17) is 10.5 Å². The van der Waals surface area contributed by atoms with Crippen LogP contribution in [0.5, 0.6) is 0 Å². The molecule has 0 aliphatic rings. The lowest BCUT2D eigenvalue weighted by molar-refractivity contribution is -0.0685. The van der Waals surface area contributed by atoms with Crippen LogP contribution in [0.2, 0.25) is 0 Å². The molecule has 0 aliphatic heterocycles. The molecule has 0 amide bonds. The lowest BCUT2D eigenvalue weighted by Gasteiger charge is -2.28. The maximum absolute atomic E-state index is 5.83. The number of hydrogen-bond donors (Lipinski definition) is 1. The maximum atomic E-state index is 5.83. The molecule has 0 saturated heterocycles. The largest absolute Gasteiger partial charge is 0.373 e. The van der Waals surface area contributed by atoms with E-state index in [9.17, 15) is 0 Å². The molecule has 74 valence electrons. The molecule has 0 spiro atoms. The Kier molecular flexibility index (Phi) is 5.51. The van der Waals surface area contributed by atoms with E-state index < -0.39 is 0 Å². The lowest BCUT2D eigenvalue weighted by Crippen LogP contribution is -2.28. The summed E-state index contributed by atoms with van der Waals surface area (Å²) < 4.78 is 5.83. The van der Waals surface area contributed by atoms with Gasteiger partial charge in [0.2, 0.25) is 0 Å². The Bertz CT molecular complexity index is 112. The van der Waals surface area contributed by atoms with E-state index in [0.717, 1.165) is 25.8 Å². The van der Waals surface area contributed by atoms with E-state index in [2.05, 4.69) is 27.7 Å². The number of hydrogen-bond acceptors (Lipinski definition) is 2. The van der Waals surface area contributed by atoms with Gasteiger partial charge in [-0.2, -0.15) is 0 Å². The molecule has 2 nitrogen and oxygen atoms in total. The van der Waals surface area contributed by atoms with Crippen molar-refractivity contribution in [2.75, 3.05) is 6.54 Å². The standard InChI is InChI=1S/C10H23NO/c1-5-10(3,4)12-9(2)7-6-8-11/h9H,5-8,11H2,1-4H3. The molecule has 0 aromatic rings. The first-order valence-corrected chi connectivity index (χ1v) is 4.89. The molecule has 2 heteroatoms. The molecule has 2 N–H and O–H groups in total. The van der Waals surface area contributed by atoms with Gasteiger partial charge in [0, 0.05) is 0 Å². The highest BCUT2D eigenvalue weighted by Crippen LogP contribution is 2.17. The van der Waals surface area contributed by atoms with Crippen LogP contribution in [0.4, 0.5) is 0 Å². The second-order valence-corrected chi connectivity index (χ2v) is 3.97. The molecule has 0 aromatic heterocycles. The second kappa shape index (κ2) is 5.55. The third kappa shape index (κ3) is 5.56. The van der Waals surface area contributed by atoms with Gasteiger partial charge >= 0.3 is 0 Å². The Labute approximate surface area is 76.5 Å². The Hall–Kier alpha value is -0.0800. The first-order chi connectivity index (χ1) is 5.52. The van der Waals surface area contributed by atoms with Crippen molar-refractivity contribution in [3.63, 3.8) is 0 Å². The van der Waals surface area contributed by atoms with Crippen LogP contribution in [0.15, 0.2) is 0 Å². The summed E-state index contributed by atoms with van der Waals surface area (Å²) in [6.45, 7) is 9.29. The first-order valence-electron chi connectivity index (χ1n) is 4.89. The molecule has 12 heavy (non-hydrogen) atoms. The van der Waals surface area contributed by atoms with Gasteiger partial charge in [0.25, 0.3) is 0 Å². The summed E-state index contributed by atoms with van der Waals surface area (Å²) in [5, 5.41) is 0. The van der Waals surface area contributed by atoms with Crippen molar-refractivity contribution in [3.8, 4) is 0 Å².